The van der Waals surface area contributed by atoms with Gasteiger partial charge < -0.3 is 10.4 Å². The van der Waals surface area contributed by atoms with Crippen molar-refractivity contribution in [1.82, 2.24) is 9.97 Å². The number of carbonyl (C=O) groups is 1. The van der Waals surface area contributed by atoms with E-state index in [-0.39, 0.29) is 11.4 Å². The maximum atomic E-state index is 11.4. The summed E-state index contributed by atoms with van der Waals surface area (Å²) in [6.07, 6.45) is 1.33. The summed E-state index contributed by atoms with van der Waals surface area (Å²) in [4.78, 5) is 19.9. The first-order valence-corrected chi connectivity index (χ1v) is 7.13. The van der Waals surface area contributed by atoms with Crippen LogP contribution in [0.5, 0.6) is 0 Å². The van der Waals surface area contributed by atoms with Gasteiger partial charge in [0.2, 0.25) is 0 Å². The Balaban J connectivity index is 2.01. The number of aryl methyl sites for hydroxylation is 1. The Hall–Kier alpha value is -3.21. The number of carboxylic acid groups (broad SMARTS) is 1. The van der Waals surface area contributed by atoms with E-state index < -0.39 is 5.97 Å². The molecule has 0 radical (unpaired) electrons. The molecular formula is C18H15N3O2. The van der Waals surface area contributed by atoms with Gasteiger partial charge in [0.05, 0.1) is 0 Å². The van der Waals surface area contributed by atoms with Crippen molar-refractivity contribution in [3.8, 4) is 11.4 Å². The summed E-state index contributed by atoms with van der Waals surface area (Å²) in [6.45, 7) is 1.99. The first-order chi connectivity index (χ1) is 11.1. The van der Waals surface area contributed by atoms with E-state index in [2.05, 4.69) is 15.3 Å². The number of carboxylic acids is 1. The molecule has 1 heterocycles. The Labute approximate surface area is 133 Å². The molecule has 0 amide bonds. The Bertz CT molecular complexity index is 831. The predicted octanol–water partition coefficient (Wildman–Crippen LogP) is 3.89. The normalized spacial score (nSPS) is 10.3. The van der Waals surface area contributed by atoms with E-state index in [9.17, 15) is 9.90 Å². The Morgan fingerprint density at radius 1 is 1.04 bits per heavy atom. The lowest BCUT2D eigenvalue weighted by Gasteiger charge is -2.10. The van der Waals surface area contributed by atoms with E-state index in [1.165, 1.54) is 6.20 Å². The number of rotatable bonds is 4. The Morgan fingerprint density at radius 2 is 1.74 bits per heavy atom. The van der Waals surface area contributed by atoms with Gasteiger partial charge in [-0.25, -0.2) is 14.8 Å². The minimum Gasteiger partial charge on any atom is -0.477 e. The smallest absolute Gasteiger partial charge is 0.341 e. The highest BCUT2D eigenvalue weighted by Crippen LogP contribution is 2.22. The summed E-state index contributed by atoms with van der Waals surface area (Å²) in [6, 6.07) is 17.1. The molecule has 0 saturated heterocycles. The molecule has 0 spiro atoms. The molecular weight excluding hydrogens is 290 g/mol. The minimum atomic E-state index is -1.07. The SMILES string of the molecule is Cc1ccc(Nc2nc(-c3ccccc3)ncc2C(=O)O)cc1. The largest absolute Gasteiger partial charge is 0.477 e. The number of nitrogens with one attached hydrogen (secondary N) is 1. The molecule has 0 bridgehead atoms. The predicted molar refractivity (Wildman–Crippen MR) is 88.9 cm³/mol. The van der Waals surface area contributed by atoms with Crippen molar-refractivity contribution in [2.75, 3.05) is 5.32 Å². The van der Waals surface area contributed by atoms with Gasteiger partial charge in [0.25, 0.3) is 0 Å². The van der Waals surface area contributed by atoms with Crippen LogP contribution in [0.4, 0.5) is 11.5 Å². The third-order valence-electron chi connectivity index (χ3n) is 3.37. The zero-order valence-electron chi connectivity index (χ0n) is 12.5. The molecule has 2 aromatic carbocycles. The van der Waals surface area contributed by atoms with Crippen molar-refractivity contribution >= 4 is 17.5 Å². The van der Waals surface area contributed by atoms with E-state index >= 15 is 0 Å². The second kappa shape index (κ2) is 6.27. The molecule has 114 valence electrons. The van der Waals surface area contributed by atoms with Gasteiger partial charge in [-0.1, -0.05) is 48.0 Å². The van der Waals surface area contributed by atoms with E-state index in [0.717, 1.165) is 16.8 Å². The number of hydrogen-bond donors (Lipinski definition) is 2. The summed E-state index contributed by atoms with van der Waals surface area (Å²) in [7, 11) is 0. The average Bonchev–Trinajstić information content (AvgIpc) is 2.57. The van der Waals surface area contributed by atoms with Crippen LogP contribution in [-0.2, 0) is 0 Å². The summed E-state index contributed by atoms with van der Waals surface area (Å²) in [5.41, 5.74) is 2.76. The highest BCUT2D eigenvalue weighted by Gasteiger charge is 2.14. The number of hydrogen-bond acceptors (Lipinski definition) is 4. The molecule has 0 aliphatic rings. The zero-order valence-corrected chi connectivity index (χ0v) is 12.5. The topological polar surface area (TPSA) is 75.1 Å². The maximum Gasteiger partial charge on any atom is 0.341 e. The molecule has 1 aromatic heterocycles. The first-order valence-electron chi connectivity index (χ1n) is 7.13. The Morgan fingerprint density at radius 3 is 2.39 bits per heavy atom. The van der Waals surface area contributed by atoms with Crippen LogP contribution in [0.2, 0.25) is 0 Å². The lowest BCUT2D eigenvalue weighted by atomic mass is 10.2. The van der Waals surface area contributed by atoms with Crippen molar-refractivity contribution < 1.29 is 9.90 Å². The third kappa shape index (κ3) is 3.35. The number of benzene rings is 2. The number of aromatic carboxylic acids is 1. The fourth-order valence-electron chi connectivity index (χ4n) is 2.13. The van der Waals surface area contributed by atoms with Crippen molar-refractivity contribution in [3.63, 3.8) is 0 Å². The van der Waals surface area contributed by atoms with Gasteiger partial charge in [-0.3, -0.25) is 0 Å². The molecule has 2 N–H and O–H groups in total. The zero-order chi connectivity index (χ0) is 16.2. The summed E-state index contributed by atoms with van der Waals surface area (Å²) in [5, 5.41) is 12.4. The van der Waals surface area contributed by atoms with Crippen LogP contribution in [0.15, 0.2) is 60.8 Å². The first kappa shape index (κ1) is 14.7. The Kier molecular flexibility index (Phi) is 4.01. The molecule has 23 heavy (non-hydrogen) atoms. The fraction of sp³-hybridized carbons (Fsp3) is 0.0556. The van der Waals surface area contributed by atoms with Gasteiger partial charge in [-0.05, 0) is 19.1 Å². The van der Waals surface area contributed by atoms with Crippen LogP contribution in [0.25, 0.3) is 11.4 Å². The molecule has 3 aromatic rings. The molecule has 0 atom stereocenters. The molecule has 0 aliphatic carbocycles. The molecule has 0 aliphatic heterocycles. The lowest BCUT2D eigenvalue weighted by Crippen LogP contribution is -2.07. The monoisotopic (exact) mass is 305 g/mol. The van der Waals surface area contributed by atoms with Gasteiger partial charge in [0.1, 0.15) is 11.4 Å². The minimum absolute atomic E-state index is 0.0326. The molecule has 3 rings (SSSR count). The highest BCUT2D eigenvalue weighted by atomic mass is 16.4. The molecule has 0 saturated carbocycles. The van der Waals surface area contributed by atoms with Crippen molar-refractivity contribution in [1.29, 1.82) is 0 Å². The highest BCUT2D eigenvalue weighted by molar-refractivity contribution is 5.94. The van der Waals surface area contributed by atoms with Crippen LogP contribution >= 0.6 is 0 Å². The molecule has 0 unspecified atom stereocenters. The summed E-state index contributed by atoms with van der Waals surface area (Å²) < 4.78 is 0. The maximum absolute atomic E-state index is 11.4. The van der Waals surface area contributed by atoms with Crippen LogP contribution in [0.3, 0.4) is 0 Å². The second-order valence-corrected chi connectivity index (χ2v) is 5.12. The summed E-state index contributed by atoms with van der Waals surface area (Å²) >= 11 is 0. The molecule has 5 heteroatoms. The summed E-state index contributed by atoms with van der Waals surface area (Å²) in [5.74, 6) is -0.320. The van der Waals surface area contributed by atoms with Crippen molar-refractivity contribution in [3.05, 3.63) is 71.9 Å². The lowest BCUT2D eigenvalue weighted by molar-refractivity contribution is 0.0697. The molecule has 0 fully saturated rings. The van der Waals surface area contributed by atoms with Crippen LogP contribution in [0.1, 0.15) is 15.9 Å². The van der Waals surface area contributed by atoms with E-state index in [1.54, 1.807) is 0 Å². The van der Waals surface area contributed by atoms with Gasteiger partial charge in [-0.15, -0.1) is 0 Å². The van der Waals surface area contributed by atoms with Gasteiger partial charge in [-0.2, -0.15) is 0 Å². The quantitative estimate of drug-likeness (QED) is 0.764. The van der Waals surface area contributed by atoms with E-state index in [1.807, 2.05) is 61.5 Å². The van der Waals surface area contributed by atoms with Crippen LogP contribution in [-0.4, -0.2) is 21.0 Å². The van der Waals surface area contributed by atoms with Crippen LogP contribution < -0.4 is 5.32 Å². The van der Waals surface area contributed by atoms with Crippen LogP contribution in [0, 0.1) is 6.92 Å². The number of nitrogens with zero attached hydrogens (tertiary/aromatic N) is 2. The third-order valence-corrected chi connectivity index (χ3v) is 3.37. The standard InChI is InChI=1S/C18H15N3O2/c1-12-7-9-14(10-8-12)20-17-15(18(22)23)11-19-16(21-17)13-5-3-2-4-6-13/h2-11H,1H3,(H,22,23)(H,19,20,21). The number of aromatic nitrogens is 2. The second-order valence-electron chi connectivity index (χ2n) is 5.12. The van der Waals surface area contributed by atoms with Crippen molar-refractivity contribution in [2.24, 2.45) is 0 Å². The van der Waals surface area contributed by atoms with E-state index in [4.69, 9.17) is 0 Å². The number of anilines is 2. The van der Waals surface area contributed by atoms with Crippen molar-refractivity contribution in [2.45, 2.75) is 6.92 Å². The van der Waals surface area contributed by atoms with Gasteiger partial charge >= 0.3 is 5.97 Å². The van der Waals surface area contributed by atoms with E-state index in [0.29, 0.717) is 5.82 Å². The van der Waals surface area contributed by atoms with Gasteiger partial charge in [0, 0.05) is 17.4 Å². The fourth-order valence-corrected chi connectivity index (χ4v) is 2.13. The average molecular weight is 305 g/mol. The molecule has 5 nitrogen and oxygen atoms in total. The van der Waals surface area contributed by atoms with Gasteiger partial charge in [0.15, 0.2) is 5.82 Å².